The van der Waals surface area contributed by atoms with Crippen LogP contribution in [0.5, 0.6) is 11.5 Å². The zero-order valence-corrected chi connectivity index (χ0v) is 17.2. The molecule has 0 aliphatic rings. The second kappa shape index (κ2) is 10.9. The van der Waals surface area contributed by atoms with E-state index in [1.807, 2.05) is 0 Å². The van der Waals surface area contributed by atoms with Gasteiger partial charge in [-0.2, -0.15) is 0 Å². The van der Waals surface area contributed by atoms with Gasteiger partial charge in [-0.25, -0.2) is 0 Å². The van der Waals surface area contributed by atoms with Gasteiger partial charge >= 0.3 is 0 Å². The molecule has 2 aromatic carbocycles. The summed E-state index contributed by atoms with van der Waals surface area (Å²) < 4.78 is 10.5. The van der Waals surface area contributed by atoms with Crippen molar-refractivity contribution in [2.75, 3.05) is 13.2 Å². The summed E-state index contributed by atoms with van der Waals surface area (Å²) >= 11 is 22.5. The van der Waals surface area contributed by atoms with Crippen molar-refractivity contribution in [3.05, 3.63) is 57.5 Å². The van der Waals surface area contributed by atoms with Crippen LogP contribution in [0.1, 0.15) is 0 Å². The number of para-hydroxylation sites is 1. The summed E-state index contributed by atoms with van der Waals surface area (Å²) in [6.45, 7) is -0.641. The summed E-state index contributed by atoms with van der Waals surface area (Å²) in [7, 11) is 0. The molecule has 0 saturated heterocycles. The third-order valence-corrected chi connectivity index (χ3v) is 4.06. The predicted molar refractivity (Wildman–Crippen MR) is 111 cm³/mol. The highest BCUT2D eigenvalue weighted by Gasteiger charge is 2.10. The van der Waals surface area contributed by atoms with E-state index in [1.165, 1.54) is 12.1 Å². The lowest BCUT2D eigenvalue weighted by atomic mass is 10.3. The number of carbonyl (C=O) groups is 2. The van der Waals surface area contributed by atoms with Gasteiger partial charge in [0.1, 0.15) is 11.5 Å². The first-order chi connectivity index (χ1) is 13.3. The van der Waals surface area contributed by atoms with Crippen LogP contribution in [0.3, 0.4) is 0 Å². The molecule has 0 atom stereocenters. The van der Waals surface area contributed by atoms with Crippen molar-refractivity contribution in [3.63, 3.8) is 0 Å². The van der Waals surface area contributed by atoms with Crippen LogP contribution in [-0.4, -0.2) is 30.1 Å². The molecule has 0 fully saturated rings. The maximum absolute atomic E-state index is 11.8. The Balaban J connectivity index is 1.67. The van der Waals surface area contributed by atoms with Gasteiger partial charge in [0.2, 0.25) is 0 Å². The lowest BCUT2D eigenvalue weighted by molar-refractivity contribution is -0.124. The monoisotopic (exact) mass is 461 g/mol. The molecule has 0 aliphatic heterocycles. The lowest BCUT2D eigenvalue weighted by Gasteiger charge is -2.12. The summed E-state index contributed by atoms with van der Waals surface area (Å²) in [6, 6.07) is 11.3. The molecule has 0 radical (unpaired) electrons. The number of nitrogens with one attached hydrogen (secondary N) is 3. The van der Waals surface area contributed by atoms with Crippen LogP contribution in [-0.2, 0) is 9.59 Å². The second-order valence-corrected chi connectivity index (χ2v) is 6.79. The number of benzene rings is 2. The van der Waals surface area contributed by atoms with E-state index in [2.05, 4.69) is 16.2 Å². The summed E-state index contributed by atoms with van der Waals surface area (Å²) in [5.41, 5.74) is 4.65. The van der Waals surface area contributed by atoms with Crippen LogP contribution in [0.15, 0.2) is 42.5 Å². The Morgan fingerprint density at radius 3 is 2.18 bits per heavy atom. The number of rotatable bonds is 6. The SMILES string of the molecule is O=C(COc1ccccc1Cl)NNC(=S)NC(=O)COc1ccc(Cl)cc1Cl. The molecule has 28 heavy (non-hydrogen) atoms. The molecule has 0 bridgehead atoms. The van der Waals surface area contributed by atoms with Gasteiger partial charge in [0, 0.05) is 5.02 Å². The van der Waals surface area contributed by atoms with E-state index in [0.29, 0.717) is 21.5 Å². The van der Waals surface area contributed by atoms with Crippen LogP contribution < -0.4 is 25.6 Å². The molecule has 11 heteroatoms. The van der Waals surface area contributed by atoms with Crippen molar-refractivity contribution in [2.24, 2.45) is 0 Å². The van der Waals surface area contributed by atoms with Crippen LogP contribution >= 0.6 is 47.0 Å². The second-order valence-electron chi connectivity index (χ2n) is 5.13. The van der Waals surface area contributed by atoms with Crippen molar-refractivity contribution in [1.29, 1.82) is 0 Å². The number of ether oxygens (including phenoxy) is 2. The van der Waals surface area contributed by atoms with Crippen molar-refractivity contribution < 1.29 is 19.1 Å². The molecule has 3 N–H and O–H groups in total. The van der Waals surface area contributed by atoms with Crippen LogP contribution in [0, 0.1) is 0 Å². The fraction of sp³-hybridized carbons (Fsp3) is 0.118. The van der Waals surface area contributed by atoms with Crippen LogP contribution in [0.4, 0.5) is 0 Å². The van der Waals surface area contributed by atoms with Gasteiger partial charge < -0.3 is 9.47 Å². The lowest BCUT2D eigenvalue weighted by Crippen LogP contribution is -2.50. The van der Waals surface area contributed by atoms with E-state index in [-0.39, 0.29) is 23.3 Å². The standard InChI is InChI=1S/C17H14Cl3N3O4S/c18-10-5-6-14(12(20)7-10)26-8-15(24)21-17(28)23-22-16(25)9-27-13-4-2-1-3-11(13)19/h1-7H,8-9H2,(H,22,25)(H2,21,23,24,28). The van der Waals surface area contributed by atoms with E-state index >= 15 is 0 Å². The van der Waals surface area contributed by atoms with Gasteiger partial charge in [-0.15, -0.1) is 0 Å². The summed E-state index contributed by atoms with van der Waals surface area (Å²) in [4.78, 5) is 23.5. The number of hydrogen-bond acceptors (Lipinski definition) is 5. The molecule has 2 rings (SSSR count). The van der Waals surface area contributed by atoms with Gasteiger partial charge in [0.25, 0.3) is 11.8 Å². The Labute approximate surface area is 181 Å². The minimum Gasteiger partial charge on any atom is -0.482 e. The number of carbonyl (C=O) groups excluding carboxylic acids is 2. The van der Waals surface area contributed by atoms with Crippen molar-refractivity contribution in [3.8, 4) is 11.5 Å². The first-order valence-electron chi connectivity index (χ1n) is 7.69. The molecule has 148 valence electrons. The molecule has 0 aromatic heterocycles. The Hall–Kier alpha value is -2.26. The zero-order chi connectivity index (χ0) is 20.5. The normalized spacial score (nSPS) is 9.96. The van der Waals surface area contributed by atoms with Crippen molar-refractivity contribution in [2.45, 2.75) is 0 Å². The van der Waals surface area contributed by atoms with Crippen molar-refractivity contribution in [1.82, 2.24) is 16.2 Å². The zero-order valence-electron chi connectivity index (χ0n) is 14.1. The van der Waals surface area contributed by atoms with E-state index in [1.54, 1.807) is 30.3 Å². The highest BCUT2D eigenvalue weighted by molar-refractivity contribution is 7.80. The highest BCUT2D eigenvalue weighted by Crippen LogP contribution is 2.27. The quantitative estimate of drug-likeness (QED) is 0.451. The van der Waals surface area contributed by atoms with Crippen molar-refractivity contribution >= 4 is 63.9 Å². The third-order valence-electron chi connectivity index (χ3n) is 3.02. The Bertz CT molecular complexity index is 882. The van der Waals surface area contributed by atoms with Gasteiger partial charge in [-0.3, -0.25) is 25.8 Å². The number of hydrogen-bond donors (Lipinski definition) is 3. The minimum absolute atomic E-state index is 0.123. The average Bonchev–Trinajstić information content (AvgIpc) is 2.65. The smallest absolute Gasteiger partial charge is 0.276 e. The largest absolute Gasteiger partial charge is 0.482 e. The Morgan fingerprint density at radius 2 is 1.50 bits per heavy atom. The number of halogens is 3. The van der Waals surface area contributed by atoms with E-state index in [4.69, 9.17) is 56.5 Å². The predicted octanol–water partition coefficient (Wildman–Crippen LogP) is 3.13. The Kier molecular flexibility index (Phi) is 8.59. The molecular weight excluding hydrogens is 449 g/mol. The number of thiocarbonyl (C=S) groups is 1. The molecule has 0 saturated carbocycles. The molecule has 0 heterocycles. The van der Waals surface area contributed by atoms with E-state index in [0.717, 1.165) is 0 Å². The summed E-state index contributed by atoms with van der Waals surface area (Å²) in [5.74, 6) is -0.413. The van der Waals surface area contributed by atoms with Crippen LogP contribution in [0.2, 0.25) is 15.1 Å². The third kappa shape index (κ3) is 7.40. The summed E-state index contributed by atoms with van der Waals surface area (Å²) in [5, 5.41) is 3.30. The van der Waals surface area contributed by atoms with Crippen LogP contribution in [0.25, 0.3) is 0 Å². The van der Waals surface area contributed by atoms with Gasteiger partial charge in [-0.1, -0.05) is 46.9 Å². The van der Waals surface area contributed by atoms with Gasteiger partial charge in [0.15, 0.2) is 18.3 Å². The molecular formula is C17H14Cl3N3O4S. The fourth-order valence-corrected chi connectivity index (χ4v) is 2.62. The molecule has 2 amide bonds. The molecule has 0 aliphatic carbocycles. The Morgan fingerprint density at radius 1 is 0.857 bits per heavy atom. The molecule has 7 nitrogen and oxygen atoms in total. The van der Waals surface area contributed by atoms with Gasteiger partial charge in [-0.05, 0) is 42.5 Å². The van der Waals surface area contributed by atoms with E-state index < -0.39 is 11.8 Å². The maximum Gasteiger partial charge on any atom is 0.276 e. The highest BCUT2D eigenvalue weighted by atomic mass is 35.5. The topological polar surface area (TPSA) is 88.7 Å². The first kappa shape index (κ1) is 22.0. The molecule has 0 spiro atoms. The summed E-state index contributed by atoms with van der Waals surface area (Å²) in [6.07, 6.45) is 0. The molecule has 2 aromatic rings. The minimum atomic E-state index is -0.551. The molecule has 0 unspecified atom stereocenters. The van der Waals surface area contributed by atoms with E-state index in [9.17, 15) is 9.59 Å². The van der Waals surface area contributed by atoms with Gasteiger partial charge in [0.05, 0.1) is 10.0 Å². The number of amides is 2. The first-order valence-corrected chi connectivity index (χ1v) is 9.23. The maximum atomic E-state index is 11.8. The number of hydrazine groups is 1. The average molecular weight is 463 g/mol. The fourth-order valence-electron chi connectivity index (χ4n) is 1.80.